The van der Waals surface area contributed by atoms with Crippen LogP contribution in [0.1, 0.15) is 44.1 Å². The van der Waals surface area contributed by atoms with E-state index in [9.17, 15) is 9.59 Å². The molecule has 1 aliphatic heterocycles. The summed E-state index contributed by atoms with van der Waals surface area (Å²) in [6, 6.07) is 8.45. The molecule has 0 unspecified atom stereocenters. The van der Waals surface area contributed by atoms with Gasteiger partial charge in [-0.2, -0.15) is 0 Å². The highest BCUT2D eigenvalue weighted by atomic mass is 16.4. The summed E-state index contributed by atoms with van der Waals surface area (Å²) in [6.07, 6.45) is 4.59. The van der Waals surface area contributed by atoms with E-state index in [0.717, 1.165) is 44.3 Å². The summed E-state index contributed by atoms with van der Waals surface area (Å²) >= 11 is 0. The molecule has 1 aromatic carbocycles. The van der Waals surface area contributed by atoms with E-state index >= 15 is 0 Å². The molecule has 142 valence electrons. The van der Waals surface area contributed by atoms with Crippen LogP contribution in [0.3, 0.4) is 0 Å². The molecular formula is C20H29N3O3. The van der Waals surface area contributed by atoms with Gasteiger partial charge in [-0.05, 0) is 56.2 Å². The number of hydrogen-bond acceptors (Lipinski definition) is 4. The lowest BCUT2D eigenvalue weighted by atomic mass is 9.85. The summed E-state index contributed by atoms with van der Waals surface area (Å²) in [5.41, 5.74) is 7.96. The van der Waals surface area contributed by atoms with Crippen LogP contribution < -0.4 is 16.0 Å². The molecule has 1 aromatic rings. The zero-order chi connectivity index (χ0) is 18.5. The van der Waals surface area contributed by atoms with Gasteiger partial charge in [0.2, 0.25) is 5.91 Å². The van der Waals surface area contributed by atoms with E-state index in [2.05, 4.69) is 34.5 Å². The van der Waals surface area contributed by atoms with Gasteiger partial charge in [0.25, 0.3) is 0 Å². The SMILES string of the molecule is NCc1ccc(N2CCC(C(=O)N[C@H]3CC[C@H](C(=O)O)CC3)CC2)cc1. The Bertz CT molecular complexity index is 616. The number of hydrogen-bond donors (Lipinski definition) is 3. The van der Waals surface area contributed by atoms with Crippen LogP contribution in [0.2, 0.25) is 0 Å². The maximum Gasteiger partial charge on any atom is 0.306 e. The third kappa shape index (κ3) is 4.55. The van der Waals surface area contributed by atoms with Gasteiger partial charge in [-0.25, -0.2) is 0 Å². The summed E-state index contributed by atoms with van der Waals surface area (Å²) < 4.78 is 0. The van der Waals surface area contributed by atoms with Crippen LogP contribution in [0.25, 0.3) is 0 Å². The predicted octanol–water partition coefficient (Wildman–Crippen LogP) is 2.12. The maximum atomic E-state index is 12.5. The van der Waals surface area contributed by atoms with Crippen molar-refractivity contribution >= 4 is 17.6 Å². The Morgan fingerprint density at radius 3 is 2.15 bits per heavy atom. The van der Waals surface area contributed by atoms with E-state index in [0.29, 0.717) is 19.4 Å². The van der Waals surface area contributed by atoms with E-state index in [1.807, 2.05) is 0 Å². The first-order chi connectivity index (χ1) is 12.6. The zero-order valence-electron chi connectivity index (χ0n) is 15.2. The Morgan fingerprint density at radius 1 is 1.00 bits per heavy atom. The van der Waals surface area contributed by atoms with Crippen LogP contribution >= 0.6 is 0 Å². The number of rotatable bonds is 5. The van der Waals surface area contributed by atoms with Crippen molar-refractivity contribution in [3.8, 4) is 0 Å². The molecule has 4 N–H and O–H groups in total. The number of carbonyl (C=O) groups excluding carboxylic acids is 1. The number of carboxylic acid groups (broad SMARTS) is 1. The molecule has 26 heavy (non-hydrogen) atoms. The first-order valence-electron chi connectivity index (χ1n) is 9.64. The number of nitrogens with two attached hydrogens (primary N) is 1. The first-order valence-corrected chi connectivity index (χ1v) is 9.64. The average molecular weight is 359 g/mol. The Labute approximate surface area is 154 Å². The Kier molecular flexibility index (Phi) is 6.14. The highest BCUT2D eigenvalue weighted by Gasteiger charge is 2.30. The number of amides is 1. The van der Waals surface area contributed by atoms with Crippen molar-refractivity contribution in [2.24, 2.45) is 17.6 Å². The standard InChI is InChI=1S/C20H29N3O3/c21-13-14-1-7-18(8-2-14)23-11-9-15(10-12-23)19(24)22-17-5-3-16(4-6-17)20(25)26/h1-2,7-8,15-17H,3-6,9-13,21H2,(H,22,24)(H,25,26)/t16-,17-. The van der Waals surface area contributed by atoms with Gasteiger partial charge in [-0.15, -0.1) is 0 Å². The molecule has 2 aliphatic rings. The van der Waals surface area contributed by atoms with E-state index in [1.165, 1.54) is 5.69 Å². The number of carbonyl (C=O) groups is 2. The zero-order valence-corrected chi connectivity index (χ0v) is 15.2. The molecule has 6 nitrogen and oxygen atoms in total. The Morgan fingerprint density at radius 2 is 1.62 bits per heavy atom. The molecule has 1 aliphatic carbocycles. The molecular weight excluding hydrogens is 330 g/mol. The Hall–Kier alpha value is -2.08. The largest absolute Gasteiger partial charge is 0.481 e. The van der Waals surface area contributed by atoms with Crippen LogP contribution in [0, 0.1) is 11.8 Å². The summed E-state index contributed by atoms with van der Waals surface area (Å²) in [5.74, 6) is -0.743. The highest BCUT2D eigenvalue weighted by molar-refractivity contribution is 5.79. The highest BCUT2D eigenvalue weighted by Crippen LogP contribution is 2.27. The number of nitrogens with one attached hydrogen (secondary N) is 1. The monoisotopic (exact) mass is 359 g/mol. The minimum atomic E-state index is -0.707. The second-order valence-electron chi connectivity index (χ2n) is 7.53. The van der Waals surface area contributed by atoms with Crippen LogP contribution in [0.4, 0.5) is 5.69 Å². The molecule has 2 fully saturated rings. The van der Waals surface area contributed by atoms with Crippen LogP contribution in [-0.4, -0.2) is 36.1 Å². The van der Waals surface area contributed by atoms with Crippen molar-refractivity contribution in [3.05, 3.63) is 29.8 Å². The third-order valence-electron chi connectivity index (χ3n) is 5.83. The fourth-order valence-electron chi connectivity index (χ4n) is 4.05. The summed E-state index contributed by atoms with van der Waals surface area (Å²) in [4.78, 5) is 25.9. The van der Waals surface area contributed by atoms with E-state index in [1.54, 1.807) is 0 Å². The molecule has 3 rings (SSSR count). The summed E-state index contributed by atoms with van der Waals surface area (Å²) in [7, 11) is 0. The minimum Gasteiger partial charge on any atom is -0.481 e. The third-order valence-corrected chi connectivity index (χ3v) is 5.83. The quantitative estimate of drug-likeness (QED) is 0.748. The number of benzene rings is 1. The van der Waals surface area contributed by atoms with Gasteiger partial charge in [-0.1, -0.05) is 12.1 Å². The van der Waals surface area contributed by atoms with Crippen molar-refractivity contribution in [1.29, 1.82) is 0 Å². The molecule has 1 saturated carbocycles. The molecule has 6 heteroatoms. The van der Waals surface area contributed by atoms with Gasteiger partial charge in [0.05, 0.1) is 5.92 Å². The predicted molar refractivity (Wildman–Crippen MR) is 101 cm³/mol. The molecule has 0 bridgehead atoms. The van der Waals surface area contributed by atoms with Crippen LogP contribution in [0.5, 0.6) is 0 Å². The lowest BCUT2D eigenvalue weighted by Crippen LogP contribution is -2.45. The van der Waals surface area contributed by atoms with Crippen LogP contribution in [-0.2, 0) is 16.1 Å². The molecule has 0 radical (unpaired) electrons. The van der Waals surface area contributed by atoms with Gasteiger partial charge >= 0.3 is 5.97 Å². The van der Waals surface area contributed by atoms with Crippen LogP contribution in [0.15, 0.2) is 24.3 Å². The van der Waals surface area contributed by atoms with Crippen molar-refractivity contribution in [2.45, 2.75) is 51.1 Å². The van der Waals surface area contributed by atoms with E-state index in [-0.39, 0.29) is 23.8 Å². The molecule has 0 atom stereocenters. The van der Waals surface area contributed by atoms with Gasteiger partial charge < -0.3 is 21.1 Å². The molecule has 1 amide bonds. The second-order valence-corrected chi connectivity index (χ2v) is 7.53. The topological polar surface area (TPSA) is 95.7 Å². The molecule has 0 spiro atoms. The lowest BCUT2D eigenvalue weighted by Gasteiger charge is -2.34. The lowest BCUT2D eigenvalue weighted by molar-refractivity contribution is -0.142. The van der Waals surface area contributed by atoms with E-state index < -0.39 is 5.97 Å². The number of carboxylic acids is 1. The second kappa shape index (κ2) is 8.54. The van der Waals surface area contributed by atoms with Crippen molar-refractivity contribution in [1.82, 2.24) is 5.32 Å². The van der Waals surface area contributed by atoms with Gasteiger partial charge in [0.1, 0.15) is 0 Å². The molecule has 1 heterocycles. The molecule has 1 saturated heterocycles. The fourth-order valence-corrected chi connectivity index (χ4v) is 4.05. The number of aliphatic carboxylic acids is 1. The van der Waals surface area contributed by atoms with Crippen molar-refractivity contribution in [3.63, 3.8) is 0 Å². The number of anilines is 1. The molecule has 0 aromatic heterocycles. The number of piperidine rings is 1. The van der Waals surface area contributed by atoms with Gasteiger partial charge in [-0.3, -0.25) is 9.59 Å². The number of nitrogens with zero attached hydrogens (tertiary/aromatic N) is 1. The van der Waals surface area contributed by atoms with E-state index in [4.69, 9.17) is 10.8 Å². The summed E-state index contributed by atoms with van der Waals surface area (Å²) in [6.45, 7) is 2.31. The van der Waals surface area contributed by atoms with Gasteiger partial charge in [0, 0.05) is 37.3 Å². The Balaban J connectivity index is 1.44. The summed E-state index contributed by atoms with van der Waals surface area (Å²) in [5, 5.41) is 12.2. The average Bonchev–Trinajstić information content (AvgIpc) is 2.68. The van der Waals surface area contributed by atoms with Crippen molar-refractivity contribution in [2.75, 3.05) is 18.0 Å². The normalized spacial score (nSPS) is 24.3. The van der Waals surface area contributed by atoms with Gasteiger partial charge in [0.15, 0.2) is 0 Å². The van der Waals surface area contributed by atoms with Crippen molar-refractivity contribution < 1.29 is 14.7 Å². The first kappa shape index (κ1) is 18.7. The minimum absolute atomic E-state index is 0.0618. The fraction of sp³-hybridized carbons (Fsp3) is 0.600. The maximum absolute atomic E-state index is 12.5. The smallest absolute Gasteiger partial charge is 0.306 e.